The predicted molar refractivity (Wildman–Crippen MR) is 103 cm³/mol. The first-order chi connectivity index (χ1) is 14.4. The quantitative estimate of drug-likeness (QED) is 0.787. The first-order valence-corrected chi connectivity index (χ1v) is 9.74. The van der Waals surface area contributed by atoms with E-state index in [-0.39, 0.29) is 35.7 Å². The normalized spacial score (nSPS) is 19.8. The van der Waals surface area contributed by atoms with Crippen molar-refractivity contribution in [3.05, 3.63) is 47.4 Å². The number of aromatic nitrogens is 2. The number of halogens is 1. The highest BCUT2D eigenvalue weighted by Crippen LogP contribution is 2.48. The molecule has 1 atom stereocenters. The van der Waals surface area contributed by atoms with Gasteiger partial charge in [0, 0.05) is 45.2 Å². The van der Waals surface area contributed by atoms with Gasteiger partial charge in [0.2, 0.25) is 11.8 Å². The minimum Gasteiger partial charge on any atom is -0.375 e. The third-order valence-corrected chi connectivity index (χ3v) is 5.77. The molecular formula is C20H24FN5O4. The SMILES string of the molecule is COCC(=O)N1CC(c2nc(C)no2)C2(C1)CN(C(=O)NCc1ccc(F)cc1)C2. The van der Waals surface area contributed by atoms with Gasteiger partial charge in [0.05, 0.1) is 5.92 Å². The number of methoxy groups -OCH3 is 1. The maximum atomic E-state index is 13.0. The van der Waals surface area contributed by atoms with Gasteiger partial charge in [0.15, 0.2) is 5.82 Å². The summed E-state index contributed by atoms with van der Waals surface area (Å²) in [5, 5.41) is 6.73. The van der Waals surface area contributed by atoms with Crippen LogP contribution in [0.4, 0.5) is 9.18 Å². The Labute approximate surface area is 173 Å². The Morgan fingerprint density at radius 1 is 1.27 bits per heavy atom. The summed E-state index contributed by atoms with van der Waals surface area (Å²) in [4.78, 5) is 32.7. The van der Waals surface area contributed by atoms with Crippen molar-refractivity contribution >= 4 is 11.9 Å². The van der Waals surface area contributed by atoms with Gasteiger partial charge in [0.1, 0.15) is 12.4 Å². The largest absolute Gasteiger partial charge is 0.375 e. The van der Waals surface area contributed by atoms with Crippen LogP contribution in [0.15, 0.2) is 28.8 Å². The number of hydrogen-bond donors (Lipinski definition) is 1. The van der Waals surface area contributed by atoms with E-state index in [1.807, 2.05) is 0 Å². The van der Waals surface area contributed by atoms with E-state index in [0.717, 1.165) is 5.56 Å². The summed E-state index contributed by atoms with van der Waals surface area (Å²) < 4.78 is 23.4. The fourth-order valence-electron chi connectivity index (χ4n) is 4.24. The molecule has 2 fully saturated rings. The number of carbonyl (C=O) groups excluding carboxylic acids is 2. The second-order valence-electron chi connectivity index (χ2n) is 7.94. The number of likely N-dealkylation sites (tertiary alicyclic amines) is 2. The summed E-state index contributed by atoms with van der Waals surface area (Å²) in [6.07, 6.45) is 0. The number of aryl methyl sites for hydroxylation is 1. The molecule has 0 bridgehead atoms. The van der Waals surface area contributed by atoms with Crippen molar-refractivity contribution in [3.63, 3.8) is 0 Å². The summed E-state index contributed by atoms with van der Waals surface area (Å²) in [6.45, 7) is 3.98. The van der Waals surface area contributed by atoms with E-state index < -0.39 is 0 Å². The highest BCUT2D eigenvalue weighted by atomic mass is 19.1. The zero-order valence-corrected chi connectivity index (χ0v) is 16.9. The van der Waals surface area contributed by atoms with Crippen molar-refractivity contribution in [2.24, 2.45) is 5.41 Å². The molecule has 160 valence electrons. The number of hydrogen-bond acceptors (Lipinski definition) is 6. The molecule has 1 aromatic heterocycles. The van der Waals surface area contributed by atoms with Crippen LogP contribution in [0.1, 0.15) is 23.2 Å². The van der Waals surface area contributed by atoms with Crippen molar-refractivity contribution < 1.29 is 23.2 Å². The molecule has 3 amide bonds. The highest BCUT2D eigenvalue weighted by Gasteiger charge is 2.58. The van der Waals surface area contributed by atoms with E-state index in [9.17, 15) is 14.0 Å². The molecule has 1 aromatic carbocycles. The zero-order valence-electron chi connectivity index (χ0n) is 16.9. The topological polar surface area (TPSA) is 101 Å². The molecule has 1 N–H and O–H groups in total. The van der Waals surface area contributed by atoms with E-state index in [4.69, 9.17) is 9.26 Å². The zero-order chi connectivity index (χ0) is 21.3. The standard InChI is InChI=1S/C20H24FN5O4/c1-13-23-18(30-24-13)16-8-25(17(27)9-29-2)10-20(16)11-26(12-20)19(28)22-7-14-3-5-15(21)6-4-14/h3-6,16H,7-12H2,1-2H3,(H,22,28). The number of rotatable bonds is 5. The monoisotopic (exact) mass is 417 g/mol. The lowest BCUT2D eigenvalue weighted by atomic mass is 9.71. The van der Waals surface area contributed by atoms with Crippen LogP contribution in [0.5, 0.6) is 0 Å². The lowest BCUT2D eigenvalue weighted by Gasteiger charge is -2.49. The van der Waals surface area contributed by atoms with Crippen LogP contribution in [0.25, 0.3) is 0 Å². The Kier molecular flexibility index (Phi) is 5.42. The second-order valence-corrected chi connectivity index (χ2v) is 7.94. The van der Waals surface area contributed by atoms with Crippen LogP contribution in [0.3, 0.4) is 0 Å². The van der Waals surface area contributed by atoms with Crippen LogP contribution in [-0.4, -0.2) is 71.8 Å². The molecule has 2 saturated heterocycles. The van der Waals surface area contributed by atoms with Crippen LogP contribution >= 0.6 is 0 Å². The van der Waals surface area contributed by atoms with Crippen molar-refractivity contribution in [3.8, 4) is 0 Å². The number of carbonyl (C=O) groups is 2. The van der Waals surface area contributed by atoms with E-state index >= 15 is 0 Å². The van der Waals surface area contributed by atoms with Crippen LogP contribution in [-0.2, 0) is 16.1 Å². The minimum atomic E-state index is -0.324. The Morgan fingerprint density at radius 3 is 2.60 bits per heavy atom. The average Bonchev–Trinajstić information content (AvgIpc) is 3.30. The van der Waals surface area contributed by atoms with Crippen molar-refractivity contribution in [2.75, 3.05) is 39.9 Å². The Hall–Kier alpha value is -3.01. The number of nitrogens with zero attached hydrogens (tertiary/aromatic N) is 4. The summed E-state index contributed by atoms with van der Waals surface area (Å²) in [6, 6.07) is 5.80. The fourth-order valence-corrected chi connectivity index (χ4v) is 4.24. The Morgan fingerprint density at radius 2 is 1.97 bits per heavy atom. The molecule has 1 unspecified atom stereocenters. The van der Waals surface area contributed by atoms with Gasteiger partial charge in [-0.15, -0.1) is 0 Å². The Balaban J connectivity index is 1.41. The number of urea groups is 1. The number of amides is 3. The van der Waals surface area contributed by atoms with Gasteiger partial charge in [-0.05, 0) is 24.6 Å². The van der Waals surface area contributed by atoms with Gasteiger partial charge in [-0.25, -0.2) is 9.18 Å². The van der Waals surface area contributed by atoms with Gasteiger partial charge < -0.3 is 24.4 Å². The van der Waals surface area contributed by atoms with Crippen molar-refractivity contribution in [1.29, 1.82) is 0 Å². The van der Waals surface area contributed by atoms with E-state index in [1.54, 1.807) is 28.9 Å². The van der Waals surface area contributed by atoms with Gasteiger partial charge in [0.25, 0.3) is 0 Å². The number of ether oxygens (including phenoxy) is 1. The van der Waals surface area contributed by atoms with Gasteiger partial charge >= 0.3 is 6.03 Å². The lowest BCUT2D eigenvalue weighted by molar-refractivity contribution is -0.134. The molecule has 2 aliphatic rings. The Bertz CT molecular complexity index is 926. The van der Waals surface area contributed by atoms with Crippen LogP contribution in [0.2, 0.25) is 0 Å². The average molecular weight is 417 g/mol. The molecule has 9 nitrogen and oxygen atoms in total. The molecular weight excluding hydrogens is 393 g/mol. The van der Waals surface area contributed by atoms with Gasteiger partial charge in [-0.1, -0.05) is 17.3 Å². The smallest absolute Gasteiger partial charge is 0.317 e. The van der Waals surface area contributed by atoms with Crippen LogP contribution < -0.4 is 5.32 Å². The summed E-state index contributed by atoms with van der Waals surface area (Å²) >= 11 is 0. The molecule has 0 saturated carbocycles. The molecule has 4 rings (SSSR count). The number of nitrogens with one attached hydrogen (secondary N) is 1. The fraction of sp³-hybridized carbons (Fsp3) is 0.500. The van der Waals surface area contributed by atoms with Crippen molar-refractivity contribution in [2.45, 2.75) is 19.4 Å². The molecule has 2 aromatic rings. The molecule has 0 radical (unpaired) electrons. The van der Waals surface area contributed by atoms with E-state index in [0.29, 0.717) is 44.4 Å². The molecule has 0 aliphatic carbocycles. The highest BCUT2D eigenvalue weighted by molar-refractivity contribution is 5.79. The van der Waals surface area contributed by atoms with Gasteiger partial charge in [-0.3, -0.25) is 4.79 Å². The minimum absolute atomic E-state index is 0.00747. The third-order valence-electron chi connectivity index (χ3n) is 5.77. The third kappa shape index (κ3) is 3.87. The molecule has 10 heteroatoms. The maximum Gasteiger partial charge on any atom is 0.317 e. The predicted octanol–water partition coefficient (Wildman–Crippen LogP) is 1.30. The summed E-state index contributed by atoms with van der Waals surface area (Å²) in [7, 11) is 1.49. The summed E-state index contributed by atoms with van der Waals surface area (Å²) in [5.41, 5.74) is 0.492. The molecule has 2 aliphatic heterocycles. The number of benzene rings is 1. The molecule has 3 heterocycles. The van der Waals surface area contributed by atoms with Gasteiger partial charge in [-0.2, -0.15) is 4.98 Å². The summed E-state index contributed by atoms with van der Waals surface area (Å²) in [5.74, 6) is 0.475. The maximum absolute atomic E-state index is 13.0. The molecule has 30 heavy (non-hydrogen) atoms. The van der Waals surface area contributed by atoms with E-state index in [1.165, 1.54) is 19.2 Å². The van der Waals surface area contributed by atoms with E-state index in [2.05, 4.69) is 15.5 Å². The molecule has 1 spiro atoms. The first-order valence-electron chi connectivity index (χ1n) is 9.74. The van der Waals surface area contributed by atoms with Crippen molar-refractivity contribution in [1.82, 2.24) is 25.3 Å². The lowest BCUT2D eigenvalue weighted by Crippen LogP contribution is -2.63. The second kappa shape index (κ2) is 8.02. The first kappa shape index (κ1) is 20.3. The van der Waals surface area contributed by atoms with Crippen LogP contribution in [0, 0.1) is 18.2 Å².